The first-order valence-corrected chi connectivity index (χ1v) is 7.10. The number of nitrogens with zero attached hydrogens (tertiary/aromatic N) is 1. The molecule has 1 fully saturated rings. The van der Waals surface area contributed by atoms with E-state index in [9.17, 15) is 4.79 Å². The molecule has 0 aliphatic heterocycles. The molecule has 0 spiro atoms. The highest BCUT2D eigenvalue weighted by Gasteiger charge is 2.27. The van der Waals surface area contributed by atoms with E-state index in [0.29, 0.717) is 5.78 Å². The van der Waals surface area contributed by atoms with Crippen LogP contribution in [-0.2, 0) is 0 Å². The van der Waals surface area contributed by atoms with Crippen LogP contribution in [0.4, 0.5) is 0 Å². The summed E-state index contributed by atoms with van der Waals surface area (Å²) in [5.41, 5.74) is 2.71. The van der Waals surface area contributed by atoms with Crippen LogP contribution in [0.3, 0.4) is 0 Å². The lowest BCUT2D eigenvalue weighted by atomic mass is 9.77. The summed E-state index contributed by atoms with van der Waals surface area (Å²) in [4.78, 5) is 16.9. The number of carbonyl (C=O) groups excluding carboxylic acids is 1. The molecular weight excluding hydrogens is 222 g/mol. The monoisotopic (exact) mass is 245 g/mol. The topological polar surface area (TPSA) is 30.0 Å². The molecule has 2 nitrogen and oxygen atoms in total. The molecule has 98 valence electrons. The highest BCUT2D eigenvalue weighted by atomic mass is 16.1. The van der Waals surface area contributed by atoms with Gasteiger partial charge in [-0.2, -0.15) is 0 Å². The van der Waals surface area contributed by atoms with Gasteiger partial charge in [-0.25, -0.2) is 0 Å². The highest BCUT2D eigenvalue weighted by Crippen LogP contribution is 2.32. The first-order valence-electron chi connectivity index (χ1n) is 7.10. The number of pyridine rings is 1. The van der Waals surface area contributed by atoms with Gasteiger partial charge in [0.25, 0.3) is 0 Å². The molecule has 0 unspecified atom stereocenters. The van der Waals surface area contributed by atoms with E-state index in [1.54, 1.807) is 0 Å². The summed E-state index contributed by atoms with van der Waals surface area (Å²) >= 11 is 0. The first kappa shape index (κ1) is 13.3. The van der Waals surface area contributed by atoms with Crippen molar-refractivity contribution < 1.29 is 4.79 Å². The number of Topliss-reactive ketones (excluding diaryl/α,β-unsaturated/α-hetero) is 1. The molecule has 1 aromatic heterocycles. The molecule has 0 atom stereocenters. The van der Waals surface area contributed by atoms with E-state index in [4.69, 9.17) is 0 Å². The van der Waals surface area contributed by atoms with E-state index in [-0.39, 0.29) is 5.92 Å². The first-order chi connectivity index (χ1) is 8.61. The minimum atomic E-state index is 0.232. The highest BCUT2D eigenvalue weighted by molar-refractivity contribution is 5.98. The SMILES string of the molecule is CCC1CCC(C(=O)c2ccc(C)nc2C)CC1. The third-order valence-electron chi connectivity index (χ3n) is 4.29. The molecule has 1 aromatic rings. The minimum Gasteiger partial charge on any atom is -0.294 e. The summed E-state index contributed by atoms with van der Waals surface area (Å²) < 4.78 is 0. The summed E-state index contributed by atoms with van der Waals surface area (Å²) in [6, 6.07) is 3.89. The fourth-order valence-electron chi connectivity index (χ4n) is 3.00. The van der Waals surface area contributed by atoms with Gasteiger partial charge in [-0.1, -0.05) is 13.3 Å². The maximum absolute atomic E-state index is 12.5. The number of rotatable bonds is 3. The molecule has 1 saturated carbocycles. The van der Waals surface area contributed by atoms with Crippen LogP contribution in [-0.4, -0.2) is 10.8 Å². The van der Waals surface area contributed by atoms with Crippen LogP contribution >= 0.6 is 0 Å². The number of hydrogen-bond acceptors (Lipinski definition) is 2. The van der Waals surface area contributed by atoms with E-state index < -0.39 is 0 Å². The van der Waals surface area contributed by atoms with Crippen LogP contribution in [0, 0.1) is 25.7 Å². The number of aromatic nitrogens is 1. The summed E-state index contributed by atoms with van der Waals surface area (Å²) in [6.07, 6.45) is 5.80. The predicted octanol–water partition coefficient (Wildman–Crippen LogP) is 4.10. The van der Waals surface area contributed by atoms with E-state index in [2.05, 4.69) is 11.9 Å². The second kappa shape index (κ2) is 5.64. The van der Waals surface area contributed by atoms with Crippen molar-refractivity contribution in [2.24, 2.45) is 11.8 Å². The van der Waals surface area contributed by atoms with Crippen LogP contribution in [0.2, 0.25) is 0 Å². The van der Waals surface area contributed by atoms with Crippen molar-refractivity contribution in [1.82, 2.24) is 4.98 Å². The normalized spacial score (nSPS) is 23.9. The minimum absolute atomic E-state index is 0.232. The fourth-order valence-corrected chi connectivity index (χ4v) is 3.00. The molecule has 1 aliphatic carbocycles. The van der Waals surface area contributed by atoms with Gasteiger partial charge in [0.1, 0.15) is 0 Å². The van der Waals surface area contributed by atoms with Crippen LogP contribution in [0.5, 0.6) is 0 Å². The zero-order chi connectivity index (χ0) is 13.1. The predicted molar refractivity (Wildman–Crippen MR) is 73.8 cm³/mol. The van der Waals surface area contributed by atoms with Gasteiger partial charge in [-0.15, -0.1) is 0 Å². The molecular formula is C16H23NO. The van der Waals surface area contributed by atoms with E-state index in [1.165, 1.54) is 19.3 Å². The average molecular weight is 245 g/mol. The van der Waals surface area contributed by atoms with Crippen molar-refractivity contribution in [3.63, 3.8) is 0 Å². The Morgan fingerprint density at radius 2 is 1.89 bits per heavy atom. The molecule has 0 bridgehead atoms. The van der Waals surface area contributed by atoms with Crippen molar-refractivity contribution in [1.29, 1.82) is 0 Å². The van der Waals surface area contributed by atoms with Gasteiger partial charge in [-0.3, -0.25) is 9.78 Å². The van der Waals surface area contributed by atoms with Crippen LogP contribution in [0.25, 0.3) is 0 Å². The largest absolute Gasteiger partial charge is 0.294 e. The lowest BCUT2D eigenvalue weighted by Gasteiger charge is -2.27. The smallest absolute Gasteiger partial charge is 0.167 e. The summed E-state index contributed by atoms with van der Waals surface area (Å²) in [7, 11) is 0. The summed E-state index contributed by atoms with van der Waals surface area (Å²) in [5.74, 6) is 1.39. The van der Waals surface area contributed by atoms with E-state index >= 15 is 0 Å². The standard InChI is InChI=1S/C16H23NO/c1-4-13-6-8-14(9-7-13)16(18)15-10-5-11(2)17-12(15)3/h5,10,13-14H,4,6-9H2,1-3H3. The molecule has 0 amide bonds. The zero-order valence-corrected chi connectivity index (χ0v) is 11.7. The molecule has 1 aliphatic rings. The Morgan fingerprint density at radius 3 is 2.44 bits per heavy atom. The van der Waals surface area contributed by atoms with Crippen LogP contribution < -0.4 is 0 Å². The van der Waals surface area contributed by atoms with Crippen LogP contribution in [0.1, 0.15) is 60.8 Å². The van der Waals surface area contributed by atoms with Crippen molar-refractivity contribution in [3.05, 3.63) is 29.1 Å². The molecule has 0 saturated heterocycles. The van der Waals surface area contributed by atoms with Gasteiger partial charge in [0.15, 0.2) is 5.78 Å². The van der Waals surface area contributed by atoms with E-state index in [1.807, 2.05) is 26.0 Å². The Hall–Kier alpha value is -1.18. The second-order valence-electron chi connectivity index (χ2n) is 5.58. The van der Waals surface area contributed by atoms with Crippen molar-refractivity contribution in [3.8, 4) is 0 Å². The van der Waals surface area contributed by atoms with Gasteiger partial charge in [0, 0.05) is 22.9 Å². The van der Waals surface area contributed by atoms with Gasteiger partial charge >= 0.3 is 0 Å². The lowest BCUT2D eigenvalue weighted by Crippen LogP contribution is -2.22. The van der Waals surface area contributed by atoms with E-state index in [0.717, 1.165) is 35.7 Å². The number of ketones is 1. The number of hydrogen-bond donors (Lipinski definition) is 0. The Labute approximate surface area is 110 Å². The quantitative estimate of drug-likeness (QED) is 0.750. The van der Waals surface area contributed by atoms with Crippen molar-refractivity contribution in [2.45, 2.75) is 52.9 Å². The Bertz CT molecular complexity index is 431. The third kappa shape index (κ3) is 2.80. The molecule has 2 heteroatoms. The van der Waals surface area contributed by atoms with Crippen molar-refractivity contribution >= 4 is 5.78 Å². The Morgan fingerprint density at radius 1 is 1.22 bits per heavy atom. The van der Waals surface area contributed by atoms with Gasteiger partial charge in [-0.05, 0) is 57.6 Å². The second-order valence-corrected chi connectivity index (χ2v) is 5.58. The molecule has 1 heterocycles. The molecule has 0 aromatic carbocycles. The molecule has 18 heavy (non-hydrogen) atoms. The number of aryl methyl sites for hydroxylation is 2. The van der Waals surface area contributed by atoms with Crippen LogP contribution in [0.15, 0.2) is 12.1 Å². The lowest BCUT2D eigenvalue weighted by molar-refractivity contribution is 0.0870. The zero-order valence-electron chi connectivity index (χ0n) is 11.7. The Balaban J connectivity index is 2.08. The molecule has 2 rings (SSSR count). The maximum Gasteiger partial charge on any atom is 0.167 e. The average Bonchev–Trinajstić information content (AvgIpc) is 2.38. The maximum atomic E-state index is 12.5. The molecule has 0 radical (unpaired) electrons. The Kier molecular flexibility index (Phi) is 4.15. The van der Waals surface area contributed by atoms with Gasteiger partial charge in [0.2, 0.25) is 0 Å². The third-order valence-corrected chi connectivity index (χ3v) is 4.29. The summed E-state index contributed by atoms with van der Waals surface area (Å²) in [6.45, 7) is 6.16. The van der Waals surface area contributed by atoms with Gasteiger partial charge < -0.3 is 0 Å². The van der Waals surface area contributed by atoms with Crippen molar-refractivity contribution in [2.75, 3.05) is 0 Å². The van der Waals surface area contributed by atoms with Gasteiger partial charge in [0.05, 0.1) is 0 Å². The fraction of sp³-hybridized carbons (Fsp3) is 0.625. The number of carbonyl (C=O) groups is 1. The summed E-state index contributed by atoms with van der Waals surface area (Å²) in [5, 5.41) is 0. The molecule has 0 N–H and O–H groups in total.